The number of nitriles is 2. The van der Waals surface area contributed by atoms with Gasteiger partial charge in [0.25, 0.3) is 6.71 Å². The van der Waals surface area contributed by atoms with Gasteiger partial charge in [0.1, 0.15) is 5.82 Å². The number of nitrogens with zero attached hydrogens (tertiary/aromatic N) is 2. The second-order valence-corrected chi connectivity index (χ2v) is 4.90. The van der Waals surface area contributed by atoms with Crippen LogP contribution in [-0.4, -0.2) is 6.71 Å². The summed E-state index contributed by atoms with van der Waals surface area (Å²) in [4.78, 5) is 0. The van der Waals surface area contributed by atoms with Crippen LogP contribution in [0.3, 0.4) is 0 Å². The summed E-state index contributed by atoms with van der Waals surface area (Å²) in [6.07, 6.45) is 3.57. The van der Waals surface area contributed by atoms with Gasteiger partial charge in [0.05, 0.1) is 12.0 Å². The predicted octanol–water partition coefficient (Wildman–Crippen LogP) is 3.40. The molecule has 1 aliphatic heterocycles. The highest BCUT2D eigenvalue weighted by Crippen LogP contribution is 2.36. The quantitative estimate of drug-likeness (QED) is 0.743. The lowest BCUT2D eigenvalue weighted by Gasteiger charge is -2.27. The molecule has 0 saturated carbocycles. The second-order valence-electron chi connectivity index (χ2n) is 4.90. The van der Waals surface area contributed by atoms with Gasteiger partial charge in [-0.05, 0) is 23.6 Å². The van der Waals surface area contributed by atoms with E-state index in [9.17, 15) is 9.65 Å². The summed E-state index contributed by atoms with van der Waals surface area (Å²) in [5, 5.41) is 18.2. The number of benzene rings is 1. The van der Waals surface area contributed by atoms with E-state index in [0.29, 0.717) is 5.92 Å². The molecule has 1 aromatic carbocycles. The van der Waals surface area contributed by atoms with Crippen molar-refractivity contribution in [3.05, 3.63) is 35.6 Å². The summed E-state index contributed by atoms with van der Waals surface area (Å²) >= 11 is 0. The van der Waals surface area contributed by atoms with Crippen molar-refractivity contribution in [3.8, 4) is 12.0 Å². The van der Waals surface area contributed by atoms with E-state index in [1.165, 1.54) is 12.1 Å². The van der Waals surface area contributed by atoms with Crippen molar-refractivity contribution < 1.29 is 4.39 Å². The SMILES string of the molecule is N#CB1CCC(C(C#N)c2ccc(F)cc2)CC1. The standard InChI is InChI=1S/C14H14BFN2/c16-13-3-1-11(2-4-13)14(9-17)12-5-7-15(10-18)8-6-12/h1-4,12,14H,5-8H2. The molecule has 1 unspecified atom stereocenters. The maximum Gasteiger partial charge on any atom is 0.267 e. The number of rotatable bonds is 2. The Balaban J connectivity index is 2.09. The zero-order chi connectivity index (χ0) is 13.0. The molecule has 90 valence electrons. The molecule has 1 aromatic rings. The molecule has 4 heteroatoms. The minimum atomic E-state index is -0.274. The minimum absolute atomic E-state index is 0.147. The third kappa shape index (κ3) is 2.71. The Morgan fingerprint density at radius 1 is 1.17 bits per heavy atom. The number of hydrogen-bond acceptors (Lipinski definition) is 2. The third-order valence-corrected chi connectivity index (χ3v) is 3.79. The molecule has 0 amide bonds. The Morgan fingerprint density at radius 3 is 2.28 bits per heavy atom. The summed E-state index contributed by atoms with van der Waals surface area (Å²) in [5.74, 6) is 2.14. The van der Waals surface area contributed by atoms with Crippen LogP contribution < -0.4 is 0 Å². The van der Waals surface area contributed by atoms with Crippen molar-refractivity contribution in [2.45, 2.75) is 31.4 Å². The Morgan fingerprint density at radius 2 is 1.78 bits per heavy atom. The summed E-state index contributed by atoms with van der Waals surface area (Å²) in [6, 6.07) is 8.53. The zero-order valence-corrected chi connectivity index (χ0v) is 10.1. The highest BCUT2D eigenvalue weighted by molar-refractivity contribution is 6.67. The average Bonchev–Trinajstić information content (AvgIpc) is 2.42. The molecular weight excluding hydrogens is 226 g/mol. The molecule has 0 spiro atoms. The van der Waals surface area contributed by atoms with Crippen LogP contribution in [-0.2, 0) is 0 Å². The van der Waals surface area contributed by atoms with E-state index in [1.807, 2.05) is 0 Å². The Bertz CT molecular complexity index is 478. The normalized spacial score (nSPS) is 17.8. The van der Waals surface area contributed by atoms with Crippen molar-refractivity contribution in [2.75, 3.05) is 0 Å². The number of hydrogen-bond donors (Lipinski definition) is 0. The van der Waals surface area contributed by atoms with Gasteiger partial charge in [0.2, 0.25) is 0 Å². The molecule has 1 atom stereocenters. The van der Waals surface area contributed by atoms with E-state index >= 15 is 0 Å². The fraction of sp³-hybridized carbons (Fsp3) is 0.429. The summed E-state index contributed by atoms with van der Waals surface area (Å²) in [6.45, 7) is 0.147. The van der Waals surface area contributed by atoms with Gasteiger partial charge in [-0.25, -0.2) is 9.65 Å². The van der Waals surface area contributed by atoms with E-state index in [4.69, 9.17) is 5.26 Å². The fourth-order valence-corrected chi connectivity index (χ4v) is 2.70. The van der Waals surface area contributed by atoms with Gasteiger partial charge < -0.3 is 0 Å². The van der Waals surface area contributed by atoms with Crippen molar-refractivity contribution in [1.82, 2.24) is 0 Å². The highest BCUT2D eigenvalue weighted by atomic mass is 19.1. The van der Waals surface area contributed by atoms with Crippen LogP contribution in [0.4, 0.5) is 4.39 Å². The van der Waals surface area contributed by atoms with Crippen LogP contribution in [0.2, 0.25) is 12.6 Å². The van der Waals surface area contributed by atoms with Crippen molar-refractivity contribution >= 4 is 6.71 Å². The molecule has 0 radical (unpaired) electrons. The van der Waals surface area contributed by atoms with E-state index in [1.54, 1.807) is 12.1 Å². The van der Waals surface area contributed by atoms with Crippen LogP contribution in [0.25, 0.3) is 0 Å². The largest absolute Gasteiger partial charge is 0.267 e. The summed E-state index contributed by atoms with van der Waals surface area (Å²) < 4.78 is 12.9. The lowest BCUT2D eigenvalue weighted by Crippen LogP contribution is -2.23. The Labute approximate surface area is 107 Å². The summed E-state index contributed by atoms with van der Waals surface area (Å²) in [7, 11) is 0. The zero-order valence-electron chi connectivity index (χ0n) is 10.1. The topological polar surface area (TPSA) is 47.6 Å². The maximum atomic E-state index is 12.9. The summed E-state index contributed by atoms with van der Waals surface area (Å²) in [5.41, 5.74) is 0.888. The lowest BCUT2D eigenvalue weighted by molar-refractivity contribution is 0.435. The first-order valence-corrected chi connectivity index (χ1v) is 6.29. The van der Waals surface area contributed by atoms with Gasteiger partial charge in [-0.3, -0.25) is 0 Å². The molecule has 0 N–H and O–H groups in total. The maximum absolute atomic E-state index is 12.9. The minimum Gasteiger partial charge on any atom is -0.213 e. The molecule has 0 aromatic heterocycles. The van der Waals surface area contributed by atoms with Crippen molar-refractivity contribution in [3.63, 3.8) is 0 Å². The molecular formula is C14H14BFN2. The molecule has 1 aliphatic rings. The third-order valence-electron chi connectivity index (χ3n) is 3.79. The van der Waals surface area contributed by atoms with E-state index in [0.717, 1.165) is 31.0 Å². The van der Waals surface area contributed by atoms with Crippen molar-refractivity contribution in [1.29, 1.82) is 10.5 Å². The van der Waals surface area contributed by atoms with Gasteiger partial charge in [0, 0.05) is 5.97 Å². The van der Waals surface area contributed by atoms with E-state index in [-0.39, 0.29) is 18.4 Å². The fourth-order valence-electron chi connectivity index (χ4n) is 2.70. The van der Waals surface area contributed by atoms with Crippen LogP contribution >= 0.6 is 0 Å². The molecule has 1 saturated heterocycles. The van der Waals surface area contributed by atoms with Gasteiger partial charge in [-0.1, -0.05) is 37.6 Å². The van der Waals surface area contributed by atoms with Crippen LogP contribution in [0.15, 0.2) is 24.3 Å². The second kappa shape index (κ2) is 5.69. The first-order valence-electron chi connectivity index (χ1n) is 6.29. The van der Waals surface area contributed by atoms with Crippen LogP contribution in [0.1, 0.15) is 24.3 Å². The first-order chi connectivity index (χ1) is 8.74. The van der Waals surface area contributed by atoms with Crippen LogP contribution in [0, 0.1) is 34.3 Å². The lowest BCUT2D eigenvalue weighted by atomic mass is 9.41. The Hall–Kier alpha value is -1.81. The van der Waals surface area contributed by atoms with E-state index < -0.39 is 0 Å². The van der Waals surface area contributed by atoms with Gasteiger partial charge in [-0.15, -0.1) is 0 Å². The molecule has 0 aliphatic carbocycles. The molecule has 2 rings (SSSR count). The van der Waals surface area contributed by atoms with Crippen molar-refractivity contribution in [2.24, 2.45) is 5.92 Å². The smallest absolute Gasteiger partial charge is 0.213 e. The molecule has 18 heavy (non-hydrogen) atoms. The molecule has 1 fully saturated rings. The molecule has 1 heterocycles. The van der Waals surface area contributed by atoms with Gasteiger partial charge >= 0.3 is 0 Å². The molecule has 2 nitrogen and oxygen atoms in total. The highest BCUT2D eigenvalue weighted by Gasteiger charge is 2.30. The monoisotopic (exact) mass is 240 g/mol. The average molecular weight is 240 g/mol. The first kappa shape index (κ1) is 12.6. The predicted molar refractivity (Wildman–Crippen MR) is 68.5 cm³/mol. The van der Waals surface area contributed by atoms with Gasteiger partial charge in [-0.2, -0.15) is 5.26 Å². The Kier molecular flexibility index (Phi) is 4.00. The number of halogens is 1. The van der Waals surface area contributed by atoms with Gasteiger partial charge in [0.15, 0.2) is 0 Å². The molecule has 0 bridgehead atoms. The van der Waals surface area contributed by atoms with E-state index in [2.05, 4.69) is 12.0 Å². The van der Waals surface area contributed by atoms with Crippen LogP contribution in [0.5, 0.6) is 0 Å².